The number of halogens is 1. The van der Waals surface area contributed by atoms with Crippen LogP contribution in [0.15, 0.2) is 60.7 Å². The standard InChI is InChI=1S/C15H10FN/c16-15-10-13(11-6-2-1-3-7-11)12-8-4-5-9-14(12)17-15/h1-10H. The second-order valence-electron chi connectivity index (χ2n) is 3.88. The largest absolute Gasteiger partial charge is 0.220 e. The number of nitrogens with zero attached hydrogens (tertiary/aromatic N) is 1. The Morgan fingerprint density at radius 3 is 2.35 bits per heavy atom. The van der Waals surface area contributed by atoms with Gasteiger partial charge in [0.25, 0.3) is 0 Å². The Morgan fingerprint density at radius 1 is 0.824 bits per heavy atom. The molecule has 0 saturated carbocycles. The molecule has 0 fully saturated rings. The average Bonchev–Trinajstić information content (AvgIpc) is 2.39. The molecular weight excluding hydrogens is 213 g/mol. The molecule has 3 aromatic rings. The molecule has 3 rings (SSSR count). The number of rotatable bonds is 1. The second-order valence-corrected chi connectivity index (χ2v) is 3.88. The fourth-order valence-corrected chi connectivity index (χ4v) is 2.00. The smallest absolute Gasteiger partial charge is 0.214 e. The topological polar surface area (TPSA) is 12.9 Å². The number of aromatic nitrogens is 1. The van der Waals surface area contributed by atoms with Gasteiger partial charge in [-0.2, -0.15) is 4.39 Å². The zero-order valence-corrected chi connectivity index (χ0v) is 9.10. The van der Waals surface area contributed by atoms with E-state index in [1.807, 2.05) is 54.6 Å². The van der Waals surface area contributed by atoms with Gasteiger partial charge in [-0.15, -0.1) is 0 Å². The van der Waals surface area contributed by atoms with E-state index in [1.54, 1.807) is 0 Å². The van der Waals surface area contributed by atoms with E-state index in [0.29, 0.717) is 5.52 Å². The minimum atomic E-state index is -0.442. The maximum Gasteiger partial charge on any atom is 0.214 e. The molecule has 0 aliphatic carbocycles. The number of hydrogen-bond acceptors (Lipinski definition) is 1. The third kappa shape index (κ3) is 1.78. The van der Waals surface area contributed by atoms with Crippen molar-refractivity contribution in [3.63, 3.8) is 0 Å². The first-order valence-corrected chi connectivity index (χ1v) is 5.45. The summed E-state index contributed by atoms with van der Waals surface area (Å²) in [5.74, 6) is -0.442. The highest BCUT2D eigenvalue weighted by molar-refractivity contribution is 5.94. The molecule has 0 radical (unpaired) electrons. The normalized spacial score (nSPS) is 10.6. The fraction of sp³-hybridized carbons (Fsp3) is 0. The summed E-state index contributed by atoms with van der Waals surface area (Å²) in [5, 5.41) is 0.972. The van der Waals surface area contributed by atoms with Crippen LogP contribution in [-0.2, 0) is 0 Å². The van der Waals surface area contributed by atoms with Crippen LogP contribution >= 0.6 is 0 Å². The monoisotopic (exact) mass is 223 g/mol. The highest BCUT2D eigenvalue weighted by atomic mass is 19.1. The first kappa shape index (κ1) is 9.97. The van der Waals surface area contributed by atoms with Gasteiger partial charge < -0.3 is 0 Å². The molecule has 82 valence electrons. The predicted octanol–water partition coefficient (Wildman–Crippen LogP) is 4.04. The molecule has 0 spiro atoms. The predicted molar refractivity (Wildman–Crippen MR) is 67.1 cm³/mol. The van der Waals surface area contributed by atoms with Crippen molar-refractivity contribution < 1.29 is 4.39 Å². The summed E-state index contributed by atoms with van der Waals surface area (Å²) in [6, 6.07) is 18.9. The Morgan fingerprint density at radius 2 is 1.53 bits per heavy atom. The Labute approximate surface area is 98.6 Å². The SMILES string of the molecule is Fc1cc(-c2ccccc2)c2ccccc2n1. The van der Waals surface area contributed by atoms with Crippen molar-refractivity contribution in [2.45, 2.75) is 0 Å². The maximum absolute atomic E-state index is 13.5. The third-order valence-corrected chi connectivity index (χ3v) is 2.77. The van der Waals surface area contributed by atoms with Crippen LogP contribution in [0, 0.1) is 5.95 Å². The molecule has 2 heteroatoms. The van der Waals surface area contributed by atoms with Crippen molar-refractivity contribution >= 4 is 10.9 Å². The maximum atomic E-state index is 13.5. The van der Waals surface area contributed by atoms with E-state index in [1.165, 1.54) is 6.07 Å². The van der Waals surface area contributed by atoms with Crippen molar-refractivity contribution in [1.29, 1.82) is 0 Å². The van der Waals surface area contributed by atoms with E-state index in [-0.39, 0.29) is 0 Å². The van der Waals surface area contributed by atoms with Gasteiger partial charge in [0.2, 0.25) is 5.95 Å². The highest BCUT2D eigenvalue weighted by Crippen LogP contribution is 2.27. The molecule has 1 heterocycles. The van der Waals surface area contributed by atoms with E-state index in [4.69, 9.17) is 0 Å². The number of para-hydroxylation sites is 1. The first-order chi connectivity index (χ1) is 8.34. The van der Waals surface area contributed by atoms with Gasteiger partial charge in [0.15, 0.2) is 0 Å². The third-order valence-electron chi connectivity index (χ3n) is 2.77. The van der Waals surface area contributed by atoms with Crippen LogP contribution in [-0.4, -0.2) is 4.98 Å². The summed E-state index contributed by atoms with van der Waals surface area (Å²) in [4.78, 5) is 3.90. The van der Waals surface area contributed by atoms with Gasteiger partial charge in [-0.05, 0) is 17.2 Å². The van der Waals surface area contributed by atoms with Crippen LogP contribution < -0.4 is 0 Å². The average molecular weight is 223 g/mol. The lowest BCUT2D eigenvalue weighted by Gasteiger charge is -2.06. The lowest BCUT2D eigenvalue weighted by atomic mass is 10.0. The molecule has 0 saturated heterocycles. The molecule has 0 amide bonds. The van der Waals surface area contributed by atoms with Crippen LogP contribution in [0.3, 0.4) is 0 Å². The number of pyridine rings is 1. The van der Waals surface area contributed by atoms with Crippen LogP contribution in [0.25, 0.3) is 22.0 Å². The molecule has 1 nitrogen and oxygen atoms in total. The Balaban J connectivity index is 2.36. The molecule has 17 heavy (non-hydrogen) atoms. The van der Waals surface area contributed by atoms with Gasteiger partial charge in [-0.1, -0.05) is 48.5 Å². The van der Waals surface area contributed by atoms with E-state index in [2.05, 4.69) is 4.98 Å². The number of benzene rings is 2. The summed E-state index contributed by atoms with van der Waals surface area (Å²) < 4.78 is 13.5. The van der Waals surface area contributed by atoms with E-state index in [0.717, 1.165) is 16.5 Å². The highest BCUT2D eigenvalue weighted by Gasteiger charge is 2.06. The Kier molecular flexibility index (Phi) is 2.33. The molecule has 0 unspecified atom stereocenters. The number of fused-ring (bicyclic) bond motifs is 1. The van der Waals surface area contributed by atoms with Gasteiger partial charge in [0.1, 0.15) is 0 Å². The molecule has 0 atom stereocenters. The van der Waals surface area contributed by atoms with Crippen LogP contribution in [0.1, 0.15) is 0 Å². The Hall–Kier alpha value is -2.22. The zero-order valence-electron chi connectivity index (χ0n) is 9.10. The molecule has 0 aliphatic heterocycles. The fourth-order valence-electron chi connectivity index (χ4n) is 2.00. The molecule has 1 aromatic heterocycles. The molecule has 0 aliphatic rings. The van der Waals surface area contributed by atoms with Gasteiger partial charge in [-0.25, -0.2) is 4.98 Å². The van der Waals surface area contributed by atoms with Crippen molar-refractivity contribution in [3.8, 4) is 11.1 Å². The quantitative estimate of drug-likeness (QED) is 0.567. The second kappa shape index (κ2) is 3.98. The Bertz CT molecular complexity index is 662. The minimum absolute atomic E-state index is 0.442. The summed E-state index contributed by atoms with van der Waals surface area (Å²) >= 11 is 0. The van der Waals surface area contributed by atoms with Crippen LogP contribution in [0.2, 0.25) is 0 Å². The zero-order chi connectivity index (χ0) is 11.7. The van der Waals surface area contributed by atoms with E-state index in [9.17, 15) is 4.39 Å². The van der Waals surface area contributed by atoms with Crippen LogP contribution in [0.4, 0.5) is 4.39 Å². The van der Waals surface area contributed by atoms with Gasteiger partial charge in [0.05, 0.1) is 5.52 Å². The van der Waals surface area contributed by atoms with Crippen molar-refractivity contribution in [1.82, 2.24) is 4.98 Å². The van der Waals surface area contributed by atoms with Crippen molar-refractivity contribution in [3.05, 3.63) is 66.6 Å². The lowest BCUT2D eigenvalue weighted by Crippen LogP contribution is -1.88. The first-order valence-electron chi connectivity index (χ1n) is 5.45. The number of hydrogen-bond donors (Lipinski definition) is 0. The summed E-state index contributed by atoms with van der Waals surface area (Å²) in [7, 11) is 0. The van der Waals surface area contributed by atoms with Gasteiger partial charge >= 0.3 is 0 Å². The molecule has 2 aromatic carbocycles. The summed E-state index contributed by atoms with van der Waals surface area (Å²) in [6.45, 7) is 0. The van der Waals surface area contributed by atoms with Crippen molar-refractivity contribution in [2.24, 2.45) is 0 Å². The van der Waals surface area contributed by atoms with Gasteiger partial charge in [-0.3, -0.25) is 0 Å². The van der Waals surface area contributed by atoms with Gasteiger partial charge in [0, 0.05) is 11.5 Å². The summed E-state index contributed by atoms with van der Waals surface area (Å²) in [5.41, 5.74) is 2.57. The molecule has 0 bridgehead atoms. The molecular formula is C15H10FN. The van der Waals surface area contributed by atoms with E-state index < -0.39 is 5.95 Å². The summed E-state index contributed by atoms with van der Waals surface area (Å²) in [6.07, 6.45) is 0. The lowest BCUT2D eigenvalue weighted by molar-refractivity contribution is 0.589. The minimum Gasteiger partial charge on any atom is -0.220 e. The molecule has 0 N–H and O–H groups in total. The van der Waals surface area contributed by atoms with Crippen molar-refractivity contribution in [2.75, 3.05) is 0 Å². The van der Waals surface area contributed by atoms with Crippen LogP contribution in [0.5, 0.6) is 0 Å². The van der Waals surface area contributed by atoms with E-state index >= 15 is 0 Å².